The van der Waals surface area contributed by atoms with Gasteiger partial charge in [0, 0.05) is 17.9 Å². The molecule has 0 spiro atoms. The van der Waals surface area contributed by atoms with Gasteiger partial charge in [0.2, 0.25) is 0 Å². The second kappa shape index (κ2) is 9.12. The van der Waals surface area contributed by atoms with Gasteiger partial charge in [-0.25, -0.2) is 0 Å². The number of hydrogen-bond donors (Lipinski definition) is 1. The SMILES string of the molecule is CCOC(=O)C(CC)(C(=O)O)C(CC(=O)c1ccccc1)c1ccccc1. The zero-order valence-electron chi connectivity index (χ0n) is 15.6. The Morgan fingerprint density at radius 2 is 1.52 bits per heavy atom. The monoisotopic (exact) mass is 368 g/mol. The Morgan fingerprint density at radius 3 is 2.00 bits per heavy atom. The van der Waals surface area contributed by atoms with E-state index >= 15 is 0 Å². The van der Waals surface area contributed by atoms with Crippen molar-refractivity contribution in [3.05, 3.63) is 71.8 Å². The highest BCUT2D eigenvalue weighted by molar-refractivity contribution is 6.03. The van der Waals surface area contributed by atoms with Crippen molar-refractivity contribution in [3.8, 4) is 0 Å². The van der Waals surface area contributed by atoms with Crippen molar-refractivity contribution in [1.82, 2.24) is 0 Å². The molecule has 27 heavy (non-hydrogen) atoms. The molecule has 1 N–H and O–H groups in total. The highest BCUT2D eigenvalue weighted by Gasteiger charge is 2.53. The number of carbonyl (C=O) groups is 3. The van der Waals surface area contributed by atoms with Crippen LogP contribution in [0.4, 0.5) is 0 Å². The number of hydrogen-bond acceptors (Lipinski definition) is 4. The van der Waals surface area contributed by atoms with Gasteiger partial charge >= 0.3 is 11.9 Å². The third kappa shape index (κ3) is 4.25. The van der Waals surface area contributed by atoms with Crippen LogP contribution in [0.2, 0.25) is 0 Å². The zero-order valence-corrected chi connectivity index (χ0v) is 15.6. The van der Waals surface area contributed by atoms with Gasteiger partial charge in [0.1, 0.15) is 0 Å². The minimum Gasteiger partial charge on any atom is -0.480 e. The predicted molar refractivity (Wildman–Crippen MR) is 102 cm³/mol. The summed E-state index contributed by atoms with van der Waals surface area (Å²) >= 11 is 0. The Labute approximate surface area is 159 Å². The molecule has 0 fully saturated rings. The molecule has 0 amide bonds. The van der Waals surface area contributed by atoms with E-state index in [-0.39, 0.29) is 25.2 Å². The predicted octanol–water partition coefficient (Wildman–Crippen LogP) is 4.09. The first-order chi connectivity index (χ1) is 13.0. The maximum absolute atomic E-state index is 12.8. The summed E-state index contributed by atoms with van der Waals surface area (Å²) in [4.78, 5) is 37.9. The summed E-state index contributed by atoms with van der Waals surface area (Å²) < 4.78 is 5.12. The molecule has 0 aliphatic rings. The molecule has 142 valence electrons. The lowest BCUT2D eigenvalue weighted by molar-refractivity contribution is -0.171. The van der Waals surface area contributed by atoms with Gasteiger partial charge in [-0.3, -0.25) is 14.4 Å². The van der Waals surface area contributed by atoms with E-state index in [0.717, 1.165) is 0 Å². The van der Waals surface area contributed by atoms with E-state index < -0.39 is 23.3 Å². The molecule has 5 heteroatoms. The van der Waals surface area contributed by atoms with E-state index in [0.29, 0.717) is 11.1 Å². The van der Waals surface area contributed by atoms with Gasteiger partial charge in [0.05, 0.1) is 6.61 Å². The van der Waals surface area contributed by atoms with E-state index in [1.165, 1.54) is 0 Å². The Hall–Kier alpha value is -2.95. The van der Waals surface area contributed by atoms with Gasteiger partial charge in [-0.05, 0) is 18.9 Å². The summed E-state index contributed by atoms with van der Waals surface area (Å²) in [6.45, 7) is 3.34. The van der Waals surface area contributed by atoms with E-state index in [1.807, 2.05) is 0 Å². The summed E-state index contributed by atoms with van der Waals surface area (Å²) in [5.41, 5.74) is -0.723. The largest absolute Gasteiger partial charge is 0.480 e. The van der Waals surface area contributed by atoms with E-state index in [1.54, 1.807) is 74.5 Å². The van der Waals surface area contributed by atoms with Gasteiger partial charge in [-0.15, -0.1) is 0 Å². The molecule has 0 saturated heterocycles. The number of carbonyl (C=O) groups excluding carboxylic acids is 2. The Kier molecular flexibility index (Phi) is 6.88. The number of rotatable bonds is 9. The first kappa shape index (κ1) is 20.4. The zero-order chi connectivity index (χ0) is 19.9. The second-order valence-electron chi connectivity index (χ2n) is 6.31. The molecule has 5 nitrogen and oxygen atoms in total. The molecule has 0 bridgehead atoms. The number of esters is 1. The van der Waals surface area contributed by atoms with Crippen LogP contribution >= 0.6 is 0 Å². The Morgan fingerprint density at radius 1 is 0.963 bits per heavy atom. The van der Waals surface area contributed by atoms with Crippen molar-refractivity contribution in [2.45, 2.75) is 32.6 Å². The van der Waals surface area contributed by atoms with Crippen molar-refractivity contribution in [3.63, 3.8) is 0 Å². The Bertz CT molecular complexity index is 785. The van der Waals surface area contributed by atoms with Crippen molar-refractivity contribution in [1.29, 1.82) is 0 Å². The lowest BCUT2D eigenvalue weighted by Gasteiger charge is -2.34. The fraction of sp³-hybridized carbons (Fsp3) is 0.318. The molecule has 0 radical (unpaired) electrons. The van der Waals surface area contributed by atoms with Crippen molar-refractivity contribution >= 4 is 17.7 Å². The molecule has 0 saturated carbocycles. The number of carboxylic acids is 1. The minimum atomic E-state index is -1.83. The summed E-state index contributed by atoms with van der Waals surface area (Å²) in [5.74, 6) is -3.14. The summed E-state index contributed by atoms with van der Waals surface area (Å²) in [6, 6.07) is 17.5. The lowest BCUT2D eigenvalue weighted by Crippen LogP contribution is -2.46. The molecular weight excluding hydrogens is 344 g/mol. The van der Waals surface area contributed by atoms with Gasteiger partial charge in [-0.1, -0.05) is 67.6 Å². The quantitative estimate of drug-likeness (QED) is 0.410. The van der Waals surface area contributed by atoms with Crippen LogP contribution in [0.3, 0.4) is 0 Å². The first-order valence-corrected chi connectivity index (χ1v) is 9.01. The molecule has 0 aromatic heterocycles. The summed E-state index contributed by atoms with van der Waals surface area (Å²) in [6.07, 6.45) is -0.0875. The minimum absolute atomic E-state index is 0.0167. The molecule has 2 aromatic rings. The van der Waals surface area contributed by atoms with Gasteiger partial charge in [0.25, 0.3) is 0 Å². The molecule has 0 aliphatic carbocycles. The molecule has 2 rings (SSSR count). The van der Waals surface area contributed by atoms with Crippen LogP contribution in [0.25, 0.3) is 0 Å². The fourth-order valence-electron chi connectivity index (χ4n) is 3.37. The van der Waals surface area contributed by atoms with Gasteiger partial charge in [-0.2, -0.15) is 0 Å². The number of ketones is 1. The average Bonchev–Trinajstić information content (AvgIpc) is 2.69. The van der Waals surface area contributed by atoms with Crippen LogP contribution in [-0.4, -0.2) is 29.4 Å². The van der Waals surface area contributed by atoms with Crippen LogP contribution in [0.15, 0.2) is 60.7 Å². The van der Waals surface area contributed by atoms with Crippen molar-refractivity contribution in [2.75, 3.05) is 6.61 Å². The van der Waals surface area contributed by atoms with Crippen LogP contribution in [0, 0.1) is 5.41 Å². The molecule has 0 heterocycles. The maximum Gasteiger partial charge on any atom is 0.324 e. The fourth-order valence-corrected chi connectivity index (χ4v) is 3.37. The number of ether oxygens (including phenoxy) is 1. The van der Waals surface area contributed by atoms with Crippen LogP contribution in [0.1, 0.15) is 48.5 Å². The van der Waals surface area contributed by atoms with Crippen LogP contribution < -0.4 is 0 Å². The standard InChI is InChI=1S/C22H24O5/c1-3-22(20(24)25,21(26)27-4-2)18(16-11-7-5-8-12-16)15-19(23)17-13-9-6-10-14-17/h5-14,18H,3-4,15H2,1-2H3,(H,24,25). The third-order valence-electron chi connectivity index (χ3n) is 4.86. The molecule has 2 aromatic carbocycles. The number of aliphatic carboxylic acids is 1. The highest BCUT2D eigenvalue weighted by atomic mass is 16.5. The van der Waals surface area contributed by atoms with E-state index in [9.17, 15) is 19.5 Å². The van der Waals surface area contributed by atoms with Gasteiger partial charge in [0.15, 0.2) is 11.2 Å². The first-order valence-electron chi connectivity index (χ1n) is 9.01. The summed E-state index contributed by atoms with van der Waals surface area (Å²) in [7, 11) is 0. The van der Waals surface area contributed by atoms with E-state index in [4.69, 9.17) is 4.74 Å². The topological polar surface area (TPSA) is 80.7 Å². The molecule has 2 atom stereocenters. The normalized spacial score (nSPS) is 14.0. The smallest absolute Gasteiger partial charge is 0.324 e. The van der Waals surface area contributed by atoms with Gasteiger partial charge < -0.3 is 9.84 Å². The average molecular weight is 368 g/mol. The van der Waals surface area contributed by atoms with Crippen molar-refractivity contribution < 1.29 is 24.2 Å². The summed E-state index contributed by atoms with van der Waals surface area (Å²) in [5, 5.41) is 10.0. The van der Waals surface area contributed by atoms with Crippen molar-refractivity contribution in [2.24, 2.45) is 5.41 Å². The maximum atomic E-state index is 12.8. The van der Waals surface area contributed by atoms with E-state index in [2.05, 4.69) is 0 Å². The number of Topliss-reactive ketones (excluding diaryl/α,β-unsaturated/α-hetero) is 1. The molecule has 0 aliphatic heterocycles. The second-order valence-corrected chi connectivity index (χ2v) is 6.31. The molecular formula is C22H24O5. The molecule has 2 unspecified atom stereocenters. The number of carboxylic acid groups (broad SMARTS) is 1. The van der Waals surface area contributed by atoms with Crippen LogP contribution in [-0.2, 0) is 14.3 Å². The lowest BCUT2D eigenvalue weighted by atomic mass is 9.67. The highest BCUT2D eigenvalue weighted by Crippen LogP contribution is 2.43. The third-order valence-corrected chi connectivity index (χ3v) is 4.86. The van der Waals surface area contributed by atoms with Crippen LogP contribution in [0.5, 0.6) is 0 Å². The number of benzene rings is 2. The Balaban J connectivity index is 2.54.